The molecule has 1 aliphatic heterocycles. The minimum Gasteiger partial charge on any atom is -0.480 e. The summed E-state index contributed by atoms with van der Waals surface area (Å²) in [6.45, 7) is 10.5. The van der Waals surface area contributed by atoms with Crippen molar-refractivity contribution in [3.05, 3.63) is 29.8 Å². The molecule has 0 bridgehead atoms. The van der Waals surface area contributed by atoms with E-state index in [1.54, 1.807) is 0 Å². The molecule has 0 unspecified atom stereocenters. The molecule has 1 amide bonds. The Morgan fingerprint density at radius 3 is 2.71 bits per heavy atom. The largest absolute Gasteiger partial charge is 0.480 e. The van der Waals surface area contributed by atoms with Gasteiger partial charge in [-0.05, 0) is 69.8 Å². The number of carbonyl (C=O) groups excluding carboxylic acids is 1. The standard InChI is InChI=1S/C20H32N2O2/c1-4-18(24-19-9-6-5-8-17(19)3)20(23)21-12-7-13-22-14-10-16(2)11-15-22/h5-6,8-9,16,18H,4,7,10-15H2,1-3H3,(H,21,23)/t18-/m0/s1. The maximum Gasteiger partial charge on any atom is 0.261 e. The lowest BCUT2D eigenvalue weighted by Crippen LogP contribution is -2.40. The van der Waals surface area contributed by atoms with E-state index in [4.69, 9.17) is 4.74 Å². The Bertz CT molecular complexity index is 510. The number of nitrogens with zero attached hydrogens (tertiary/aromatic N) is 1. The molecular weight excluding hydrogens is 300 g/mol. The SMILES string of the molecule is CC[C@H](Oc1ccccc1C)C(=O)NCCCN1CCC(C)CC1. The number of aryl methyl sites for hydroxylation is 1. The van der Waals surface area contributed by atoms with Crippen LogP contribution >= 0.6 is 0 Å². The first-order valence-corrected chi connectivity index (χ1v) is 9.32. The monoisotopic (exact) mass is 332 g/mol. The molecule has 0 aromatic heterocycles. The summed E-state index contributed by atoms with van der Waals surface area (Å²) in [5.74, 6) is 1.65. The molecule has 1 atom stereocenters. The molecule has 4 nitrogen and oxygen atoms in total. The third kappa shape index (κ3) is 5.82. The molecule has 134 valence electrons. The summed E-state index contributed by atoms with van der Waals surface area (Å²) in [5, 5.41) is 3.03. The molecule has 1 fully saturated rings. The lowest BCUT2D eigenvalue weighted by atomic mass is 9.99. The van der Waals surface area contributed by atoms with E-state index in [9.17, 15) is 4.79 Å². The highest BCUT2D eigenvalue weighted by atomic mass is 16.5. The lowest BCUT2D eigenvalue weighted by molar-refractivity contribution is -0.128. The quantitative estimate of drug-likeness (QED) is 0.742. The van der Waals surface area contributed by atoms with Gasteiger partial charge >= 0.3 is 0 Å². The van der Waals surface area contributed by atoms with Gasteiger partial charge in [0.15, 0.2) is 6.10 Å². The fourth-order valence-corrected chi connectivity index (χ4v) is 3.08. The number of ether oxygens (including phenoxy) is 1. The van der Waals surface area contributed by atoms with Crippen LogP contribution in [0.5, 0.6) is 5.75 Å². The topological polar surface area (TPSA) is 41.6 Å². The first-order chi connectivity index (χ1) is 11.6. The number of benzene rings is 1. The van der Waals surface area contributed by atoms with E-state index in [1.165, 1.54) is 25.9 Å². The van der Waals surface area contributed by atoms with Crippen LogP contribution in [-0.2, 0) is 4.79 Å². The lowest BCUT2D eigenvalue weighted by Gasteiger charge is -2.30. The van der Waals surface area contributed by atoms with Crippen LogP contribution in [0.15, 0.2) is 24.3 Å². The Labute approximate surface area is 146 Å². The first kappa shape index (κ1) is 18.8. The zero-order chi connectivity index (χ0) is 17.4. The molecule has 1 saturated heterocycles. The third-order valence-electron chi connectivity index (χ3n) is 4.85. The van der Waals surface area contributed by atoms with Gasteiger partial charge in [0.1, 0.15) is 5.75 Å². The van der Waals surface area contributed by atoms with Gasteiger partial charge in [-0.2, -0.15) is 0 Å². The Hall–Kier alpha value is -1.55. The van der Waals surface area contributed by atoms with Crippen LogP contribution in [0.4, 0.5) is 0 Å². The van der Waals surface area contributed by atoms with Gasteiger partial charge in [0, 0.05) is 6.54 Å². The second-order valence-electron chi connectivity index (χ2n) is 6.95. The van der Waals surface area contributed by atoms with Crippen LogP contribution in [0, 0.1) is 12.8 Å². The van der Waals surface area contributed by atoms with Crippen molar-refractivity contribution >= 4 is 5.91 Å². The van der Waals surface area contributed by atoms with Gasteiger partial charge in [0.25, 0.3) is 5.91 Å². The minimum absolute atomic E-state index is 0.00646. The Morgan fingerprint density at radius 1 is 1.33 bits per heavy atom. The molecule has 0 spiro atoms. The molecule has 2 rings (SSSR count). The van der Waals surface area contributed by atoms with E-state index in [1.807, 2.05) is 38.1 Å². The number of carbonyl (C=O) groups is 1. The molecule has 1 aromatic carbocycles. The normalized spacial score (nSPS) is 17.5. The van der Waals surface area contributed by atoms with Gasteiger partial charge in [-0.3, -0.25) is 4.79 Å². The smallest absolute Gasteiger partial charge is 0.261 e. The maximum absolute atomic E-state index is 12.3. The van der Waals surface area contributed by atoms with Gasteiger partial charge in [0.2, 0.25) is 0 Å². The van der Waals surface area contributed by atoms with Gasteiger partial charge in [-0.1, -0.05) is 32.0 Å². The molecule has 0 saturated carbocycles. The summed E-state index contributed by atoms with van der Waals surface area (Å²) in [6.07, 6.45) is 3.86. The molecule has 1 aromatic rings. The fourth-order valence-electron chi connectivity index (χ4n) is 3.08. The summed E-state index contributed by atoms with van der Waals surface area (Å²) in [6, 6.07) is 7.83. The van der Waals surface area contributed by atoms with Crippen LogP contribution in [0.3, 0.4) is 0 Å². The molecule has 1 heterocycles. The van der Waals surface area contributed by atoms with E-state index in [-0.39, 0.29) is 5.91 Å². The summed E-state index contributed by atoms with van der Waals surface area (Å²) >= 11 is 0. The van der Waals surface area contributed by atoms with Crippen LogP contribution < -0.4 is 10.1 Å². The summed E-state index contributed by atoms with van der Waals surface area (Å²) in [7, 11) is 0. The molecule has 4 heteroatoms. The maximum atomic E-state index is 12.3. The molecule has 1 aliphatic rings. The number of para-hydroxylation sites is 1. The minimum atomic E-state index is -0.415. The van der Waals surface area contributed by atoms with Gasteiger partial charge in [0.05, 0.1) is 0 Å². The highest BCUT2D eigenvalue weighted by Crippen LogP contribution is 2.19. The highest BCUT2D eigenvalue weighted by molar-refractivity contribution is 5.81. The molecular formula is C20H32N2O2. The van der Waals surface area contributed by atoms with Crippen LogP contribution in [-0.4, -0.2) is 43.1 Å². The van der Waals surface area contributed by atoms with Crippen LogP contribution in [0.2, 0.25) is 0 Å². The Kier molecular flexibility index (Phi) is 7.57. The number of likely N-dealkylation sites (tertiary alicyclic amines) is 1. The number of nitrogens with one attached hydrogen (secondary N) is 1. The van der Waals surface area contributed by atoms with Crippen molar-refractivity contribution in [2.24, 2.45) is 5.92 Å². The number of amides is 1. The van der Waals surface area contributed by atoms with E-state index in [0.717, 1.165) is 36.7 Å². The highest BCUT2D eigenvalue weighted by Gasteiger charge is 2.19. The van der Waals surface area contributed by atoms with E-state index in [2.05, 4.69) is 17.1 Å². The first-order valence-electron chi connectivity index (χ1n) is 9.32. The van der Waals surface area contributed by atoms with E-state index in [0.29, 0.717) is 6.42 Å². The number of piperidine rings is 1. The summed E-state index contributed by atoms with van der Waals surface area (Å²) in [5.41, 5.74) is 1.06. The fraction of sp³-hybridized carbons (Fsp3) is 0.650. The van der Waals surface area contributed by atoms with Crippen molar-refractivity contribution < 1.29 is 9.53 Å². The van der Waals surface area contributed by atoms with Crippen LogP contribution in [0.1, 0.15) is 45.1 Å². The zero-order valence-electron chi connectivity index (χ0n) is 15.4. The zero-order valence-corrected chi connectivity index (χ0v) is 15.4. The van der Waals surface area contributed by atoms with Gasteiger partial charge in [-0.15, -0.1) is 0 Å². The molecule has 0 radical (unpaired) electrons. The average Bonchev–Trinajstić information content (AvgIpc) is 2.59. The van der Waals surface area contributed by atoms with E-state index < -0.39 is 6.10 Å². The van der Waals surface area contributed by atoms with Crippen molar-refractivity contribution in [3.63, 3.8) is 0 Å². The van der Waals surface area contributed by atoms with Crippen molar-refractivity contribution in [1.29, 1.82) is 0 Å². The second kappa shape index (κ2) is 9.67. The average molecular weight is 332 g/mol. The number of hydrogen-bond acceptors (Lipinski definition) is 3. The third-order valence-corrected chi connectivity index (χ3v) is 4.85. The number of rotatable bonds is 8. The van der Waals surface area contributed by atoms with E-state index >= 15 is 0 Å². The second-order valence-corrected chi connectivity index (χ2v) is 6.95. The Balaban J connectivity index is 1.69. The molecule has 0 aliphatic carbocycles. The number of hydrogen-bond donors (Lipinski definition) is 1. The predicted molar refractivity (Wildman–Crippen MR) is 98.4 cm³/mol. The Morgan fingerprint density at radius 2 is 2.04 bits per heavy atom. The molecule has 1 N–H and O–H groups in total. The van der Waals surface area contributed by atoms with Crippen molar-refractivity contribution in [2.75, 3.05) is 26.2 Å². The van der Waals surface area contributed by atoms with Gasteiger partial charge < -0.3 is 15.0 Å². The van der Waals surface area contributed by atoms with Crippen molar-refractivity contribution in [1.82, 2.24) is 10.2 Å². The molecule has 24 heavy (non-hydrogen) atoms. The van der Waals surface area contributed by atoms with Crippen LogP contribution in [0.25, 0.3) is 0 Å². The van der Waals surface area contributed by atoms with Crippen molar-refractivity contribution in [3.8, 4) is 5.75 Å². The summed E-state index contributed by atoms with van der Waals surface area (Å²) in [4.78, 5) is 14.8. The van der Waals surface area contributed by atoms with Crippen molar-refractivity contribution in [2.45, 2.75) is 52.6 Å². The summed E-state index contributed by atoms with van der Waals surface area (Å²) < 4.78 is 5.89. The predicted octanol–water partition coefficient (Wildman–Crippen LogP) is 3.39. The van der Waals surface area contributed by atoms with Gasteiger partial charge in [-0.25, -0.2) is 0 Å².